The van der Waals surface area contributed by atoms with Crippen molar-refractivity contribution >= 4 is 43.4 Å². The topological polar surface area (TPSA) is 63.4 Å². The Balaban J connectivity index is 2.35. The number of nitrogens with two attached hydrogens (primary N) is 1. The fourth-order valence-electron chi connectivity index (χ4n) is 1.90. The maximum Gasteiger partial charge on any atom is 0.245 e. The summed E-state index contributed by atoms with van der Waals surface area (Å²) < 4.78 is 27.3. The number of nitrogen functional groups attached to an aromatic ring is 1. The van der Waals surface area contributed by atoms with Crippen LogP contribution in [0, 0.1) is 0 Å². The van der Waals surface area contributed by atoms with E-state index >= 15 is 0 Å². The Morgan fingerprint density at radius 1 is 1.50 bits per heavy atom. The van der Waals surface area contributed by atoms with Crippen LogP contribution in [0.25, 0.3) is 0 Å². The highest BCUT2D eigenvalue weighted by molar-refractivity contribution is 9.10. The van der Waals surface area contributed by atoms with Gasteiger partial charge in [0.15, 0.2) is 0 Å². The van der Waals surface area contributed by atoms with Gasteiger partial charge in [0.25, 0.3) is 0 Å². The number of benzene rings is 1. The Morgan fingerprint density at radius 3 is 2.83 bits per heavy atom. The first-order valence-electron chi connectivity index (χ1n) is 5.58. The molecule has 18 heavy (non-hydrogen) atoms. The van der Waals surface area contributed by atoms with Crippen molar-refractivity contribution in [3.05, 3.63) is 22.7 Å². The van der Waals surface area contributed by atoms with Gasteiger partial charge >= 0.3 is 0 Å². The van der Waals surface area contributed by atoms with Crippen LogP contribution in [0.5, 0.6) is 0 Å². The van der Waals surface area contributed by atoms with Crippen molar-refractivity contribution in [3.8, 4) is 0 Å². The summed E-state index contributed by atoms with van der Waals surface area (Å²) in [5.74, 6) is 0.830. The van der Waals surface area contributed by atoms with Crippen molar-refractivity contribution < 1.29 is 8.42 Å². The molecule has 1 aliphatic rings. The highest BCUT2D eigenvalue weighted by Gasteiger charge is 2.30. The zero-order valence-electron chi connectivity index (χ0n) is 9.97. The molecule has 4 nitrogen and oxygen atoms in total. The second kappa shape index (κ2) is 5.40. The SMILES string of the molecule is CC1CN(S(=O)(=O)c2ccc(Br)cc2N)CCS1. The van der Waals surface area contributed by atoms with E-state index in [0.717, 1.165) is 10.2 Å². The third-order valence-corrected chi connectivity index (χ3v) is 6.36. The highest BCUT2D eigenvalue weighted by atomic mass is 79.9. The van der Waals surface area contributed by atoms with Gasteiger partial charge in [0.1, 0.15) is 4.90 Å². The second-order valence-electron chi connectivity index (χ2n) is 4.23. The van der Waals surface area contributed by atoms with Gasteiger partial charge in [-0.3, -0.25) is 0 Å². The van der Waals surface area contributed by atoms with Crippen LogP contribution in [0.1, 0.15) is 6.92 Å². The van der Waals surface area contributed by atoms with Crippen molar-refractivity contribution in [2.45, 2.75) is 17.1 Å². The van der Waals surface area contributed by atoms with Crippen molar-refractivity contribution in [3.63, 3.8) is 0 Å². The molecular weight excluding hydrogens is 336 g/mol. The Hall–Kier alpha value is -0.240. The number of nitrogens with zero attached hydrogens (tertiary/aromatic N) is 1. The lowest BCUT2D eigenvalue weighted by atomic mass is 10.3. The van der Waals surface area contributed by atoms with Crippen molar-refractivity contribution in [2.24, 2.45) is 0 Å². The Kier molecular flexibility index (Phi) is 4.25. The summed E-state index contributed by atoms with van der Waals surface area (Å²) in [6.07, 6.45) is 0. The van der Waals surface area contributed by atoms with Crippen LogP contribution in [0.3, 0.4) is 0 Å². The summed E-state index contributed by atoms with van der Waals surface area (Å²) in [5.41, 5.74) is 6.10. The zero-order valence-corrected chi connectivity index (χ0v) is 13.2. The molecule has 1 aliphatic heterocycles. The molecule has 2 N–H and O–H groups in total. The molecule has 1 heterocycles. The minimum Gasteiger partial charge on any atom is -0.398 e. The number of sulfonamides is 1. The van der Waals surface area contributed by atoms with Gasteiger partial charge in [0.05, 0.1) is 5.69 Å². The Labute approximate surface area is 120 Å². The van der Waals surface area contributed by atoms with Gasteiger partial charge < -0.3 is 5.73 Å². The molecule has 0 aliphatic carbocycles. The van der Waals surface area contributed by atoms with Gasteiger partial charge in [0, 0.05) is 28.6 Å². The van der Waals surface area contributed by atoms with E-state index in [4.69, 9.17) is 5.73 Å². The molecule has 100 valence electrons. The van der Waals surface area contributed by atoms with Crippen LogP contribution >= 0.6 is 27.7 Å². The van der Waals surface area contributed by atoms with E-state index in [9.17, 15) is 8.42 Å². The lowest BCUT2D eigenvalue weighted by Gasteiger charge is -2.30. The summed E-state index contributed by atoms with van der Waals surface area (Å²) in [7, 11) is -3.47. The van der Waals surface area contributed by atoms with Crippen LogP contribution in [0.4, 0.5) is 5.69 Å². The molecule has 1 saturated heterocycles. The quantitative estimate of drug-likeness (QED) is 0.830. The molecule has 1 unspecified atom stereocenters. The fourth-order valence-corrected chi connectivity index (χ4v) is 5.13. The normalized spacial score (nSPS) is 22.0. The molecule has 0 bridgehead atoms. The smallest absolute Gasteiger partial charge is 0.245 e. The Morgan fingerprint density at radius 2 is 2.22 bits per heavy atom. The summed E-state index contributed by atoms with van der Waals surface area (Å²) in [4.78, 5) is 0.199. The number of hydrogen-bond donors (Lipinski definition) is 1. The molecule has 1 aromatic carbocycles. The third-order valence-electron chi connectivity index (χ3n) is 2.79. The average Bonchev–Trinajstić information content (AvgIpc) is 2.28. The molecule has 0 saturated carbocycles. The predicted molar refractivity (Wildman–Crippen MR) is 79.2 cm³/mol. The van der Waals surface area contributed by atoms with Gasteiger partial charge in [-0.25, -0.2) is 8.42 Å². The highest BCUT2D eigenvalue weighted by Crippen LogP contribution is 2.28. The lowest BCUT2D eigenvalue weighted by Crippen LogP contribution is -2.41. The summed E-state index contributed by atoms with van der Waals surface area (Å²) in [5, 5.41) is 0.324. The largest absolute Gasteiger partial charge is 0.398 e. The first kappa shape index (κ1) is 14.2. The maximum atomic E-state index is 12.5. The maximum absolute atomic E-state index is 12.5. The predicted octanol–water partition coefficient (Wildman–Crippen LogP) is 2.16. The third kappa shape index (κ3) is 2.84. The van der Waals surface area contributed by atoms with Gasteiger partial charge in [-0.05, 0) is 18.2 Å². The number of hydrogen-bond acceptors (Lipinski definition) is 4. The minimum atomic E-state index is -3.47. The summed E-state index contributed by atoms with van der Waals surface area (Å²) in [6, 6.07) is 4.88. The van der Waals surface area contributed by atoms with Crippen molar-refractivity contribution in [2.75, 3.05) is 24.6 Å². The van der Waals surface area contributed by atoms with Crippen molar-refractivity contribution in [1.29, 1.82) is 0 Å². The van der Waals surface area contributed by atoms with Crippen molar-refractivity contribution in [1.82, 2.24) is 4.31 Å². The van der Waals surface area contributed by atoms with E-state index in [2.05, 4.69) is 15.9 Å². The fraction of sp³-hybridized carbons (Fsp3) is 0.455. The molecule has 7 heteroatoms. The van der Waals surface area contributed by atoms with Crippen LogP contribution in [0.15, 0.2) is 27.6 Å². The summed E-state index contributed by atoms with van der Waals surface area (Å²) in [6.45, 7) is 3.13. The molecule has 0 spiro atoms. The molecular formula is C11H15BrN2O2S2. The van der Waals surface area contributed by atoms with E-state index in [-0.39, 0.29) is 10.6 Å². The lowest BCUT2D eigenvalue weighted by molar-refractivity contribution is 0.424. The first-order chi connectivity index (χ1) is 8.41. The van der Waals surface area contributed by atoms with E-state index in [1.165, 1.54) is 4.31 Å². The summed E-state index contributed by atoms with van der Waals surface area (Å²) >= 11 is 5.07. The molecule has 1 fully saturated rings. The van der Waals surface area contributed by atoms with E-state index in [1.807, 2.05) is 6.92 Å². The van der Waals surface area contributed by atoms with E-state index in [1.54, 1.807) is 30.0 Å². The van der Waals surface area contributed by atoms with Crippen LogP contribution in [-0.2, 0) is 10.0 Å². The molecule has 1 aromatic rings. The number of thioether (sulfide) groups is 1. The number of halogens is 1. The molecule has 2 rings (SSSR count). The average molecular weight is 351 g/mol. The van der Waals surface area contributed by atoms with Gasteiger partial charge in [-0.2, -0.15) is 16.1 Å². The zero-order chi connectivity index (χ0) is 13.3. The minimum absolute atomic E-state index is 0.199. The first-order valence-corrected chi connectivity index (χ1v) is 8.86. The van der Waals surface area contributed by atoms with Gasteiger partial charge in [-0.1, -0.05) is 22.9 Å². The van der Waals surface area contributed by atoms with Crippen LogP contribution in [0.2, 0.25) is 0 Å². The van der Waals surface area contributed by atoms with Crippen LogP contribution in [-0.4, -0.2) is 36.8 Å². The Bertz CT molecular complexity index is 548. The molecule has 0 radical (unpaired) electrons. The monoisotopic (exact) mass is 350 g/mol. The van der Waals surface area contributed by atoms with Gasteiger partial charge in [-0.15, -0.1) is 0 Å². The molecule has 0 amide bonds. The molecule has 1 atom stereocenters. The van der Waals surface area contributed by atoms with Gasteiger partial charge in [0.2, 0.25) is 10.0 Å². The van der Waals surface area contributed by atoms with Crippen LogP contribution < -0.4 is 5.73 Å². The second-order valence-corrected chi connectivity index (χ2v) is 8.59. The number of anilines is 1. The molecule has 0 aromatic heterocycles. The number of rotatable bonds is 2. The van der Waals surface area contributed by atoms with E-state index in [0.29, 0.717) is 18.3 Å². The van der Waals surface area contributed by atoms with E-state index < -0.39 is 10.0 Å². The standard InChI is InChI=1S/C11H15BrN2O2S2/c1-8-7-14(4-5-17-8)18(15,16)11-3-2-9(12)6-10(11)13/h2-3,6,8H,4-5,7,13H2,1H3.